The topological polar surface area (TPSA) is 12.9 Å². The maximum absolute atomic E-state index is 7.98. The van der Waals surface area contributed by atoms with E-state index in [4.69, 9.17) is 9.10 Å². The molecule has 0 radical (unpaired) electrons. The van der Waals surface area contributed by atoms with Crippen LogP contribution in [0.15, 0.2) is 60.8 Å². The molecule has 138 valence electrons. The van der Waals surface area contributed by atoms with Gasteiger partial charge in [0.05, 0.1) is 5.69 Å². The quantitative estimate of drug-likeness (QED) is 0.477. The normalized spacial score (nSPS) is 19.5. The average molecular weight is 359 g/mol. The van der Waals surface area contributed by atoms with E-state index in [0.29, 0.717) is 5.56 Å². The van der Waals surface area contributed by atoms with Crippen LogP contribution in [0.5, 0.6) is 0 Å². The number of rotatable bonds is 2. The Morgan fingerprint density at radius 3 is 2.22 bits per heavy atom. The van der Waals surface area contributed by atoms with Gasteiger partial charge in [-0.15, -0.1) is 0 Å². The first-order valence-corrected chi connectivity index (χ1v) is 9.70. The smallest absolute Gasteiger partial charge is 0.0705 e. The highest BCUT2D eigenvalue weighted by molar-refractivity contribution is 5.74. The number of nitrogens with zero attached hydrogens (tertiary/aromatic N) is 1. The van der Waals surface area contributed by atoms with Gasteiger partial charge in [-0.05, 0) is 70.5 Å². The van der Waals surface area contributed by atoms with Crippen LogP contribution in [0.3, 0.4) is 0 Å². The molecule has 0 unspecified atom stereocenters. The van der Waals surface area contributed by atoms with Crippen LogP contribution < -0.4 is 0 Å². The minimum atomic E-state index is -2.17. The van der Waals surface area contributed by atoms with E-state index >= 15 is 0 Å². The van der Waals surface area contributed by atoms with Gasteiger partial charge < -0.3 is 0 Å². The number of pyridine rings is 1. The van der Waals surface area contributed by atoms with E-state index in [1.54, 1.807) is 6.07 Å². The van der Waals surface area contributed by atoms with E-state index in [9.17, 15) is 0 Å². The molecule has 0 spiro atoms. The third-order valence-corrected chi connectivity index (χ3v) is 6.14. The van der Waals surface area contributed by atoms with Gasteiger partial charge in [-0.2, -0.15) is 0 Å². The van der Waals surface area contributed by atoms with Gasteiger partial charge in [0.1, 0.15) is 0 Å². The number of hydrogen-bond donors (Lipinski definition) is 0. The molecule has 1 aliphatic carbocycles. The zero-order valence-electron chi connectivity index (χ0n) is 19.6. The molecule has 3 aromatic rings. The fourth-order valence-corrected chi connectivity index (χ4v) is 4.17. The van der Waals surface area contributed by atoms with Gasteiger partial charge in [0.15, 0.2) is 0 Å². The Bertz CT molecular complexity index is 1080. The highest BCUT2D eigenvalue weighted by Gasteiger charge is 2.37. The van der Waals surface area contributed by atoms with E-state index < -0.39 is 6.85 Å². The zero-order valence-corrected chi connectivity index (χ0v) is 16.6. The van der Waals surface area contributed by atoms with Crippen molar-refractivity contribution in [2.45, 2.75) is 58.2 Å². The Hall–Kier alpha value is -2.41. The van der Waals surface area contributed by atoms with E-state index in [-0.39, 0.29) is 10.8 Å². The fraction of sp³-hybridized carbons (Fsp3) is 0.346. The van der Waals surface area contributed by atoms with Gasteiger partial charge in [-0.3, -0.25) is 4.98 Å². The van der Waals surface area contributed by atoms with Gasteiger partial charge in [-0.25, -0.2) is 0 Å². The first-order chi connectivity index (χ1) is 14.0. The first kappa shape index (κ1) is 14.6. The minimum absolute atomic E-state index is 0.101. The molecule has 0 bridgehead atoms. The van der Waals surface area contributed by atoms with Crippen molar-refractivity contribution in [2.75, 3.05) is 0 Å². The van der Waals surface area contributed by atoms with Gasteiger partial charge in [-0.1, -0.05) is 70.2 Å². The highest BCUT2D eigenvalue weighted by atomic mass is 14.7. The number of benzene rings is 2. The summed E-state index contributed by atoms with van der Waals surface area (Å²) >= 11 is 0. The van der Waals surface area contributed by atoms with Crippen LogP contribution in [0, 0.1) is 6.85 Å². The summed E-state index contributed by atoms with van der Waals surface area (Å²) in [5.74, 6) is 0. The van der Waals surface area contributed by atoms with E-state index in [1.165, 1.54) is 11.1 Å². The first-order valence-electron chi connectivity index (χ1n) is 11.2. The lowest BCUT2D eigenvalue weighted by Gasteiger charge is -2.41. The molecule has 1 heterocycles. The van der Waals surface area contributed by atoms with Gasteiger partial charge in [0.25, 0.3) is 0 Å². The predicted molar refractivity (Wildman–Crippen MR) is 115 cm³/mol. The second-order valence-electron chi connectivity index (χ2n) is 9.01. The molecule has 1 heteroatoms. The predicted octanol–water partition coefficient (Wildman–Crippen LogP) is 7.07. The maximum atomic E-state index is 7.98. The average Bonchev–Trinajstić information content (AvgIpc) is 2.71. The Labute approximate surface area is 167 Å². The molecular formula is C26H29N. The van der Waals surface area contributed by atoms with Crippen LogP contribution >= 0.6 is 0 Å². The van der Waals surface area contributed by atoms with Crippen LogP contribution in [0.25, 0.3) is 22.4 Å². The van der Waals surface area contributed by atoms with Crippen molar-refractivity contribution >= 4 is 0 Å². The molecule has 0 N–H and O–H groups in total. The lowest BCUT2D eigenvalue weighted by atomic mass is 9.63. The molecule has 2 aromatic carbocycles. The van der Waals surface area contributed by atoms with E-state index in [0.717, 1.165) is 35.2 Å². The molecular weight excluding hydrogens is 326 g/mol. The van der Waals surface area contributed by atoms with Crippen LogP contribution in [-0.4, -0.2) is 4.98 Å². The SMILES string of the molecule is [2H]C([2H])([2H])c1ccc(-c2cc3c(cn2)C(C)(C)CCC3(C)C)cc1-c1ccccc1. The summed E-state index contributed by atoms with van der Waals surface area (Å²) < 4.78 is 23.9. The molecule has 1 nitrogen and oxygen atoms in total. The van der Waals surface area contributed by atoms with Crippen molar-refractivity contribution in [3.63, 3.8) is 0 Å². The lowest BCUT2D eigenvalue weighted by molar-refractivity contribution is 0.331. The summed E-state index contributed by atoms with van der Waals surface area (Å²) in [7, 11) is 0. The Balaban J connectivity index is 1.88. The molecule has 0 atom stereocenters. The molecule has 0 saturated heterocycles. The largest absolute Gasteiger partial charge is 0.256 e. The summed E-state index contributed by atoms with van der Waals surface area (Å²) in [4.78, 5) is 4.81. The van der Waals surface area contributed by atoms with Crippen molar-refractivity contribution in [2.24, 2.45) is 0 Å². The summed E-state index contributed by atoms with van der Waals surface area (Å²) in [5, 5.41) is 0. The monoisotopic (exact) mass is 358 g/mol. The van der Waals surface area contributed by atoms with Crippen LogP contribution in [0.1, 0.15) is 61.3 Å². The number of hydrogen-bond acceptors (Lipinski definition) is 1. The summed E-state index contributed by atoms with van der Waals surface area (Å²) in [6.45, 7) is 7.02. The third-order valence-electron chi connectivity index (χ3n) is 6.14. The molecule has 0 amide bonds. The summed E-state index contributed by atoms with van der Waals surface area (Å²) in [5.41, 5.74) is 6.77. The van der Waals surface area contributed by atoms with Crippen molar-refractivity contribution in [3.05, 3.63) is 77.5 Å². The molecule has 0 saturated carbocycles. The van der Waals surface area contributed by atoms with E-state index in [2.05, 4.69) is 33.8 Å². The van der Waals surface area contributed by atoms with Gasteiger partial charge in [0.2, 0.25) is 0 Å². The van der Waals surface area contributed by atoms with Crippen molar-refractivity contribution < 1.29 is 4.11 Å². The second-order valence-corrected chi connectivity index (χ2v) is 9.01. The minimum Gasteiger partial charge on any atom is -0.256 e. The van der Waals surface area contributed by atoms with Crippen molar-refractivity contribution in [1.29, 1.82) is 0 Å². The molecule has 4 rings (SSSR count). The lowest BCUT2D eigenvalue weighted by Crippen LogP contribution is -2.34. The molecule has 1 aromatic heterocycles. The van der Waals surface area contributed by atoms with Crippen molar-refractivity contribution in [3.8, 4) is 22.4 Å². The zero-order chi connectivity index (χ0) is 21.7. The number of aromatic nitrogens is 1. The van der Waals surface area contributed by atoms with E-state index in [1.807, 2.05) is 48.7 Å². The van der Waals surface area contributed by atoms with Crippen molar-refractivity contribution in [1.82, 2.24) is 4.98 Å². The molecule has 1 aliphatic rings. The van der Waals surface area contributed by atoms with Crippen LogP contribution in [-0.2, 0) is 10.8 Å². The molecule has 0 fully saturated rings. The van der Waals surface area contributed by atoms with Gasteiger partial charge >= 0.3 is 0 Å². The Morgan fingerprint density at radius 1 is 0.815 bits per heavy atom. The molecule has 0 aliphatic heterocycles. The second kappa shape index (κ2) is 6.34. The number of aryl methyl sites for hydroxylation is 1. The summed E-state index contributed by atoms with van der Waals surface area (Å²) in [6.07, 6.45) is 4.33. The van der Waals surface area contributed by atoms with Crippen LogP contribution in [0.4, 0.5) is 0 Å². The highest BCUT2D eigenvalue weighted by Crippen LogP contribution is 2.46. The van der Waals surface area contributed by atoms with Gasteiger partial charge in [0, 0.05) is 15.9 Å². The maximum Gasteiger partial charge on any atom is 0.0705 e. The Kier molecular flexibility index (Phi) is 3.43. The van der Waals surface area contributed by atoms with Crippen LogP contribution in [0.2, 0.25) is 0 Å². The fourth-order valence-electron chi connectivity index (χ4n) is 4.17. The standard InChI is InChI=1S/C26H29N/c1-18-11-12-20(15-21(18)19-9-7-6-8-10-19)24-16-22-23(17-27-24)26(4,5)14-13-25(22,2)3/h6-12,15-17H,13-14H2,1-5H3/i1D3. The third kappa shape index (κ3) is 3.20. The molecule has 27 heavy (non-hydrogen) atoms. The Morgan fingerprint density at radius 2 is 1.52 bits per heavy atom. The summed E-state index contributed by atoms with van der Waals surface area (Å²) in [6, 6.07) is 17.6. The number of fused-ring (bicyclic) bond motifs is 1.